The molecule has 0 saturated heterocycles. The van der Waals surface area contributed by atoms with E-state index in [0.29, 0.717) is 0 Å². The van der Waals surface area contributed by atoms with E-state index in [-0.39, 0.29) is 5.78 Å². The third-order valence-electron chi connectivity index (χ3n) is 3.52. The molecule has 0 unspecified atom stereocenters. The molecule has 2 aromatic carbocycles. The minimum Gasteiger partial charge on any atom is -0.354 e. The summed E-state index contributed by atoms with van der Waals surface area (Å²) in [6, 6.07) is 12.2. The Morgan fingerprint density at radius 1 is 1.11 bits per heavy atom. The van der Waals surface area contributed by atoms with Crippen LogP contribution in [0.2, 0.25) is 0 Å². The number of ketones is 1. The van der Waals surface area contributed by atoms with Crippen molar-refractivity contribution in [1.29, 1.82) is 0 Å². The van der Waals surface area contributed by atoms with E-state index in [1.165, 1.54) is 10.8 Å². The van der Waals surface area contributed by atoms with Crippen LogP contribution in [0.5, 0.6) is 0 Å². The molecule has 1 N–H and O–H groups in total. The van der Waals surface area contributed by atoms with Gasteiger partial charge in [-0.25, -0.2) is 0 Å². The number of aromatic nitrogens is 1. The molecule has 2 nitrogen and oxygen atoms in total. The Morgan fingerprint density at radius 3 is 2.61 bits per heavy atom. The number of aromatic amines is 1. The highest BCUT2D eigenvalue weighted by Crippen LogP contribution is 2.29. The van der Waals surface area contributed by atoms with Crippen LogP contribution in [0.1, 0.15) is 29.8 Å². The Balaban J connectivity index is 2.48. The number of H-pyrrole nitrogens is 1. The largest absolute Gasteiger partial charge is 0.354 e. The molecule has 0 aliphatic rings. The second-order valence-corrected chi connectivity index (χ2v) is 4.59. The third-order valence-corrected chi connectivity index (χ3v) is 3.52. The number of nitrogens with one attached hydrogen (secondary N) is 1. The first-order chi connectivity index (χ1) is 8.72. The van der Waals surface area contributed by atoms with E-state index in [1.54, 1.807) is 6.92 Å². The number of para-hydroxylation sites is 1. The van der Waals surface area contributed by atoms with Gasteiger partial charge in [-0.3, -0.25) is 4.79 Å². The second kappa shape index (κ2) is 3.98. The van der Waals surface area contributed by atoms with Crippen molar-refractivity contribution in [1.82, 2.24) is 4.98 Å². The zero-order valence-corrected chi connectivity index (χ0v) is 10.6. The normalized spacial score (nSPS) is 11.2. The lowest BCUT2D eigenvalue weighted by atomic mass is 9.98. The molecule has 0 spiro atoms. The third kappa shape index (κ3) is 1.46. The van der Waals surface area contributed by atoms with Gasteiger partial charge in [-0.1, -0.05) is 37.3 Å². The van der Waals surface area contributed by atoms with Crippen LogP contribution in [0.3, 0.4) is 0 Å². The van der Waals surface area contributed by atoms with Crippen molar-refractivity contribution in [3.63, 3.8) is 0 Å². The predicted molar refractivity (Wildman–Crippen MR) is 75.2 cm³/mol. The molecule has 0 amide bonds. The summed E-state index contributed by atoms with van der Waals surface area (Å²) in [5, 5.41) is 2.42. The smallest absolute Gasteiger partial charge is 0.160 e. The van der Waals surface area contributed by atoms with Crippen molar-refractivity contribution in [2.45, 2.75) is 20.3 Å². The molecule has 0 bridgehead atoms. The highest BCUT2D eigenvalue weighted by Gasteiger charge is 2.13. The lowest BCUT2D eigenvalue weighted by Crippen LogP contribution is -1.99. The number of Topliss-reactive ketones (excluding diaryl/α,β-unsaturated/α-hetero) is 1. The van der Waals surface area contributed by atoms with Gasteiger partial charge in [0.05, 0.1) is 5.52 Å². The van der Waals surface area contributed by atoms with Gasteiger partial charge >= 0.3 is 0 Å². The number of hydrogen-bond acceptors (Lipinski definition) is 1. The van der Waals surface area contributed by atoms with E-state index in [1.807, 2.05) is 24.3 Å². The van der Waals surface area contributed by atoms with Gasteiger partial charge < -0.3 is 4.98 Å². The molecule has 1 heterocycles. The average molecular weight is 237 g/mol. The SMILES string of the molecule is CCc1c(C(C)=O)ccc2c1[nH]c1ccccc12. The minimum atomic E-state index is 0.132. The Bertz CT molecular complexity index is 752. The summed E-state index contributed by atoms with van der Waals surface area (Å²) in [4.78, 5) is 15.1. The van der Waals surface area contributed by atoms with Crippen LogP contribution < -0.4 is 0 Å². The van der Waals surface area contributed by atoms with Gasteiger partial charge in [0.2, 0.25) is 0 Å². The molecule has 0 radical (unpaired) electrons. The summed E-state index contributed by atoms with van der Waals surface area (Å²) in [5.74, 6) is 0.132. The first-order valence-electron chi connectivity index (χ1n) is 6.25. The predicted octanol–water partition coefficient (Wildman–Crippen LogP) is 4.09. The molecule has 2 heteroatoms. The molecule has 0 aliphatic carbocycles. The van der Waals surface area contributed by atoms with Crippen LogP contribution >= 0.6 is 0 Å². The Labute approximate surface area is 106 Å². The maximum Gasteiger partial charge on any atom is 0.160 e. The highest BCUT2D eigenvalue weighted by molar-refractivity contribution is 6.11. The molecule has 3 aromatic rings. The summed E-state index contributed by atoms with van der Waals surface area (Å²) in [6.07, 6.45) is 0.860. The Hall–Kier alpha value is -2.09. The maximum atomic E-state index is 11.7. The van der Waals surface area contributed by atoms with E-state index < -0.39 is 0 Å². The summed E-state index contributed by atoms with van der Waals surface area (Å²) in [5.41, 5.74) is 4.18. The first kappa shape index (κ1) is 11.0. The number of benzene rings is 2. The van der Waals surface area contributed by atoms with Gasteiger partial charge in [-0.2, -0.15) is 0 Å². The van der Waals surface area contributed by atoms with Crippen LogP contribution in [-0.2, 0) is 6.42 Å². The molecule has 3 rings (SSSR count). The fourth-order valence-corrected chi connectivity index (χ4v) is 2.67. The Kier molecular flexibility index (Phi) is 2.44. The zero-order valence-electron chi connectivity index (χ0n) is 10.6. The van der Waals surface area contributed by atoms with Crippen LogP contribution in [0.15, 0.2) is 36.4 Å². The van der Waals surface area contributed by atoms with Crippen LogP contribution in [0.4, 0.5) is 0 Å². The second-order valence-electron chi connectivity index (χ2n) is 4.59. The van der Waals surface area contributed by atoms with E-state index in [4.69, 9.17) is 0 Å². The van der Waals surface area contributed by atoms with E-state index >= 15 is 0 Å². The molecule has 1 aromatic heterocycles. The first-order valence-corrected chi connectivity index (χ1v) is 6.25. The van der Waals surface area contributed by atoms with Crippen molar-refractivity contribution >= 4 is 27.6 Å². The number of hydrogen-bond donors (Lipinski definition) is 1. The molecule has 0 fully saturated rings. The van der Waals surface area contributed by atoms with E-state index in [0.717, 1.165) is 28.6 Å². The maximum absolute atomic E-state index is 11.7. The summed E-state index contributed by atoms with van der Waals surface area (Å²) in [6.45, 7) is 3.72. The average Bonchev–Trinajstić information content (AvgIpc) is 2.75. The standard InChI is InChI=1S/C16H15NO/c1-3-11-12(10(2)18)8-9-14-13-6-4-5-7-15(13)17-16(11)14/h4-9,17H,3H2,1-2H3. The topological polar surface area (TPSA) is 32.9 Å². The van der Waals surface area contributed by atoms with E-state index in [2.05, 4.69) is 24.0 Å². The van der Waals surface area contributed by atoms with Crippen LogP contribution in [0.25, 0.3) is 21.8 Å². The summed E-state index contributed by atoms with van der Waals surface area (Å²) < 4.78 is 0. The van der Waals surface area contributed by atoms with Crippen molar-refractivity contribution < 1.29 is 4.79 Å². The number of carbonyl (C=O) groups is 1. The van der Waals surface area contributed by atoms with Crippen molar-refractivity contribution in [2.75, 3.05) is 0 Å². The minimum absolute atomic E-state index is 0.132. The Morgan fingerprint density at radius 2 is 1.89 bits per heavy atom. The van der Waals surface area contributed by atoms with Gasteiger partial charge in [0.15, 0.2) is 5.78 Å². The van der Waals surface area contributed by atoms with Gasteiger partial charge in [0.25, 0.3) is 0 Å². The number of fused-ring (bicyclic) bond motifs is 3. The molecule has 18 heavy (non-hydrogen) atoms. The summed E-state index contributed by atoms with van der Waals surface area (Å²) in [7, 11) is 0. The van der Waals surface area contributed by atoms with Gasteiger partial charge in [-0.15, -0.1) is 0 Å². The number of aryl methyl sites for hydroxylation is 1. The molecular formula is C16H15NO. The quantitative estimate of drug-likeness (QED) is 0.669. The molecule has 0 atom stereocenters. The number of carbonyl (C=O) groups excluding carboxylic acids is 1. The van der Waals surface area contributed by atoms with Crippen LogP contribution in [0, 0.1) is 0 Å². The monoisotopic (exact) mass is 237 g/mol. The van der Waals surface area contributed by atoms with E-state index in [9.17, 15) is 4.79 Å². The molecule has 0 aliphatic heterocycles. The lowest BCUT2D eigenvalue weighted by Gasteiger charge is -2.06. The van der Waals surface area contributed by atoms with Crippen molar-refractivity contribution in [3.8, 4) is 0 Å². The van der Waals surface area contributed by atoms with Crippen molar-refractivity contribution in [2.24, 2.45) is 0 Å². The highest BCUT2D eigenvalue weighted by atomic mass is 16.1. The zero-order chi connectivity index (χ0) is 12.7. The fraction of sp³-hybridized carbons (Fsp3) is 0.188. The van der Waals surface area contributed by atoms with Crippen LogP contribution in [-0.4, -0.2) is 10.8 Å². The molecule has 0 saturated carbocycles. The lowest BCUT2D eigenvalue weighted by molar-refractivity contribution is 0.101. The number of rotatable bonds is 2. The summed E-state index contributed by atoms with van der Waals surface area (Å²) >= 11 is 0. The van der Waals surface area contributed by atoms with Gasteiger partial charge in [0, 0.05) is 21.9 Å². The van der Waals surface area contributed by atoms with Crippen molar-refractivity contribution in [3.05, 3.63) is 47.5 Å². The molecule has 90 valence electrons. The van der Waals surface area contributed by atoms with Gasteiger partial charge in [-0.05, 0) is 25.0 Å². The molecular weight excluding hydrogens is 222 g/mol. The fourth-order valence-electron chi connectivity index (χ4n) is 2.67. The van der Waals surface area contributed by atoms with Gasteiger partial charge in [0.1, 0.15) is 0 Å².